The molecule has 0 spiro atoms. The molecule has 0 aromatic carbocycles. The van der Waals surface area contributed by atoms with Crippen LogP contribution in [0, 0.1) is 5.92 Å². The van der Waals surface area contributed by atoms with E-state index < -0.39 is 0 Å². The lowest BCUT2D eigenvalue weighted by Crippen LogP contribution is -2.45. The number of amides is 1. The van der Waals surface area contributed by atoms with Gasteiger partial charge in [-0.05, 0) is 38.8 Å². The quantitative estimate of drug-likeness (QED) is 0.902. The fourth-order valence-corrected chi connectivity index (χ4v) is 3.75. The predicted molar refractivity (Wildman–Crippen MR) is 96.1 cm³/mol. The van der Waals surface area contributed by atoms with Gasteiger partial charge in [-0.25, -0.2) is 4.98 Å². The Hall–Kier alpha value is -1.73. The van der Waals surface area contributed by atoms with Crippen molar-refractivity contribution in [3.8, 4) is 10.6 Å². The van der Waals surface area contributed by atoms with E-state index >= 15 is 0 Å². The van der Waals surface area contributed by atoms with Gasteiger partial charge in [0, 0.05) is 36.8 Å². The number of aryl methyl sites for hydroxylation is 1. The number of rotatable bonds is 5. The summed E-state index contributed by atoms with van der Waals surface area (Å²) in [4.78, 5) is 19.2. The number of hydrogen-bond acceptors (Lipinski definition) is 5. The third kappa shape index (κ3) is 4.02. The summed E-state index contributed by atoms with van der Waals surface area (Å²) in [5.41, 5.74) is 1.43. The Bertz CT molecular complexity index is 687. The molecule has 1 fully saturated rings. The number of nitrogens with one attached hydrogen (secondary N) is 1. The van der Waals surface area contributed by atoms with Crippen molar-refractivity contribution in [2.75, 3.05) is 19.6 Å². The summed E-state index contributed by atoms with van der Waals surface area (Å²) in [5.74, 6) is 0.725. The highest BCUT2D eigenvalue weighted by atomic mass is 32.1. The van der Waals surface area contributed by atoms with Gasteiger partial charge < -0.3 is 5.32 Å². The summed E-state index contributed by atoms with van der Waals surface area (Å²) in [7, 11) is 1.87. The molecule has 1 atom stereocenters. The van der Waals surface area contributed by atoms with Gasteiger partial charge in [0.05, 0.1) is 6.20 Å². The molecule has 1 amide bonds. The van der Waals surface area contributed by atoms with Crippen molar-refractivity contribution in [2.24, 2.45) is 13.0 Å². The van der Waals surface area contributed by atoms with Gasteiger partial charge in [-0.2, -0.15) is 5.10 Å². The van der Waals surface area contributed by atoms with E-state index in [-0.39, 0.29) is 5.91 Å². The summed E-state index contributed by atoms with van der Waals surface area (Å²) in [6.45, 7) is 7.40. The second-order valence-corrected chi connectivity index (χ2v) is 7.58. The average molecular weight is 347 g/mol. The van der Waals surface area contributed by atoms with E-state index in [1.165, 1.54) is 24.2 Å². The average Bonchev–Trinajstić information content (AvgIpc) is 3.22. The SMILES string of the molecule is CC1CCN([C@@H](C)CNC(=O)c2csc(-c3cnn(C)c3)n2)CC1. The lowest BCUT2D eigenvalue weighted by atomic mass is 9.98. The summed E-state index contributed by atoms with van der Waals surface area (Å²) in [6, 6.07) is 0.359. The molecule has 3 heterocycles. The van der Waals surface area contributed by atoms with E-state index in [1.807, 2.05) is 18.6 Å². The number of carbonyl (C=O) groups is 1. The van der Waals surface area contributed by atoms with Crippen molar-refractivity contribution in [1.82, 2.24) is 25.0 Å². The molecule has 1 aliphatic rings. The molecule has 6 nitrogen and oxygen atoms in total. The van der Waals surface area contributed by atoms with Gasteiger partial charge in [0.2, 0.25) is 0 Å². The molecule has 3 rings (SSSR count). The summed E-state index contributed by atoms with van der Waals surface area (Å²) in [6.07, 6.45) is 6.16. The Labute approximate surface area is 146 Å². The van der Waals surface area contributed by atoms with Crippen LogP contribution >= 0.6 is 11.3 Å². The molecule has 2 aromatic heterocycles. The molecule has 0 radical (unpaired) electrons. The number of piperidine rings is 1. The van der Waals surface area contributed by atoms with Crippen molar-refractivity contribution in [3.63, 3.8) is 0 Å². The monoisotopic (exact) mass is 347 g/mol. The topological polar surface area (TPSA) is 63.1 Å². The smallest absolute Gasteiger partial charge is 0.270 e. The van der Waals surface area contributed by atoms with Gasteiger partial charge in [-0.15, -0.1) is 11.3 Å². The van der Waals surface area contributed by atoms with Crippen molar-refractivity contribution in [1.29, 1.82) is 0 Å². The minimum atomic E-state index is -0.0985. The Morgan fingerprint density at radius 2 is 2.21 bits per heavy atom. The molecule has 0 aliphatic carbocycles. The molecule has 0 saturated carbocycles. The van der Waals surface area contributed by atoms with Crippen LogP contribution in [0.25, 0.3) is 10.6 Å². The normalized spacial score (nSPS) is 17.8. The molecule has 130 valence electrons. The van der Waals surface area contributed by atoms with E-state index in [2.05, 4.69) is 34.1 Å². The van der Waals surface area contributed by atoms with Gasteiger partial charge in [-0.3, -0.25) is 14.4 Å². The number of likely N-dealkylation sites (tertiary alicyclic amines) is 1. The van der Waals surface area contributed by atoms with E-state index in [1.54, 1.807) is 10.9 Å². The van der Waals surface area contributed by atoms with Gasteiger partial charge in [0.15, 0.2) is 0 Å². The third-order valence-electron chi connectivity index (χ3n) is 4.69. The van der Waals surface area contributed by atoms with Gasteiger partial charge in [-0.1, -0.05) is 6.92 Å². The Morgan fingerprint density at radius 1 is 1.46 bits per heavy atom. The minimum absolute atomic E-state index is 0.0985. The lowest BCUT2D eigenvalue weighted by molar-refractivity contribution is 0.0917. The number of carbonyl (C=O) groups excluding carboxylic acids is 1. The van der Waals surface area contributed by atoms with Gasteiger partial charge >= 0.3 is 0 Å². The van der Waals surface area contributed by atoms with Crippen LogP contribution in [0.5, 0.6) is 0 Å². The third-order valence-corrected chi connectivity index (χ3v) is 5.58. The summed E-state index contributed by atoms with van der Waals surface area (Å²) in [5, 5.41) is 9.80. The van der Waals surface area contributed by atoms with Crippen molar-refractivity contribution < 1.29 is 4.79 Å². The Balaban J connectivity index is 1.53. The minimum Gasteiger partial charge on any atom is -0.349 e. The fourth-order valence-electron chi connectivity index (χ4n) is 2.97. The maximum atomic E-state index is 12.3. The molecule has 0 unspecified atom stereocenters. The maximum absolute atomic E-state index is 12.3. The van der Waals surface area contributed by atoms with Crippen LogP contribution in [-0.2, 0) is 7.05 Å². The molecule has 24 heavy (non-hydrogen) atoms. The van der Waals surface area contributed by atoms with E-state index in [0.717, 1.165) is 29.6 Å². The maximum Gasteiger partial charge on any atom is 0.270 e. The zero-order valence-corrected chi connectivity index (χ0v) is 15.3. The summed E-state index contributed by atoms with van der Waals surface area (Å²) < 4.78 is 1.73. The molecular weight excluding hydrogens is 322 g/mol. The molecule has 1 saturated heterocycles. The highest BCUT2D eigenvalue weighted by Crippen LogP contribution is 2.23. The first kappa shape index (κ1) is 17.1. The predicted octanol–water partition coefficient (Wildman–Crippen LogP) is 2.39. The Morgan fingerprint density at radius 3 is 2.88 bits per heavy atom. The summed E-state index contributed by atoms with van der Waals surface area (Å²) >= 11 is 1.47. The molecule has 1 N–H and O–H groups in total. The van der Waals surface area contributed by atoms with Crippen LogP contribution in [0.3, 0.4) is 0 Å². The van der Waals surface area contributed by atoms with Crippen LogP contribution in [0.1, 0.15) is 37.2 Å². The highest BCUT2D eigenvalue weighted by molar-refractivity contribution is 7.13. The molecule has 0 bridgehead atoms. The molecular formula is C17H25N5OS. The molecule has 2 aromatic rings. The van der Waals surface area contributed by atoms with Crippen molar-refractivity contribution in [2.45, 2.75) is 32.7 Å². The van der Waals surface area contributed by atoms with Crippen LogP contribution < -0.4 is 5.32 Å². The zero-order chi connectivity index (χ0) is 17.1. The van der Waals surface area contributed by atoms with Crippen molar-refractivity contribution >= 4 is 17.2 Å². The van der Waals surface area contributed by atoms with Crippen LogP contribution in [0.4, 0.5) is 0 Å². The zero-order valence-electron chi connectivity index (χ0n) is 14.5. The van der Waals surface area contributed by atoms with E-state index in [9.17, 15) is 4.79 Å². The van der Waals surface area contributed by atoms with E-state index in [4.69, 9.17) is 0 Å². The molecule has 1 aliphatic heterocycles. The second-order valence-electron chi connectivity index (χ2n) is 6.72. The number of thiazole rings is 1. The van der Waals surface area contributed by atoms with Crippen LogP contribution in [-0.4, -0.2) is 51.2 Å². The first-order chi connectivity index (χ1) is 11.5. The number of nitrogens with zero attached hydrogens (tertiary/aromatic N) is 4. The van der Waals surface area contributed by atoms with Crippen LogP contribution in [0.15, 0.2) is 17.8 Å². The van der Waals surface area contributed by atoms with Crippen LogP contribution in [0.2, 0.25) is 0 Å². The largest absolute Gasteiger partial charge is 0.349 e. The first-order valence-electron chi connectivity index (χ1n) is 8.49. The Kier molecular flexibility index (Phi) is 5.30. The first-order valence-corrected chi connectivity index (χ1v) is 9.37. The molecule has 7 heteroatoms. The van der Waals surface area contributed by atoms with Crippen molar-refractivity contribution in [3.05, 3.63) is 23.5 Å². The number of aromatic nitrogens is 3. The van der Waals surface area contributed by atoms with Gasteiger partial charge in [0.1, 0.15) is 10.7 Å². The standard InChI is InChI=1S/C17H25N5OS/c1-12-4-6-22(7-5-12)13(2)8-18-16(23)15-11-24-17(20-15)14-9-19-21(3)10-14/h9-13H,4-8H2,1-3H3,(H,18,23)/t13-/m0/s1. The van der Waals surface area contributed by atoms with Gasteiger partial charge in [0.25, 0.3) is 5.91 Å². The second kappa shape index (κ2) is 7.44. The highest BCUT2D eigenvalue weighted by Gasteiger charge is 2.21. The number of hydrogen-bond donors (Lipinski definition) is 1. The lowest BCUT2D eigenvalue weighted by Gasteiger charge is -2.34. The fraction of sp³-hybridized carbons (Fsp3) is 0.588. The van der Waals surface area contributed by atoms with E-state index in [0.29, 0.717) is 18.3 Å².